The van der Waals surface area contributed by atoms with E-state index in [-0.39, 0.29) is 0 Å². The Hall–Kier alpha value is -1.34. The smallest absolute Gasteiger partial charge is 0.197 e. The third kappa shape index (κ3) is 7.11. The van der Waals surface area contributed by atoms with Crippen LogP contribution >= 0.6 is 35.6 Å². The van der Waals surface area contributed by atoms with Crippen LogP contribution in [0.1, 0.15) is 31.2 Å². The zero-order valence-corrected chi connectivity index (χ0v) is 17.7. The lowest BCUT2D eigenvalue weighted by molar-refractivity contribution is -0.0782. The van der Waals surface area contributed by atoms with Crippen molar-refractivity contribution in [2.45, 2.75) is 37.3 Å². The number of nitrogens with zero attached hydrogens (tertiary/aromatic N) is 2. The summed E-state index contributed by atoms with van der Waals surface area (Å²) in [6.07, 6.45) is 2.10. The van der Waals surface area contributed by atoms with E-state index >= 15 is 0 Å². The van der Waals surface area contributed by atoms with E-state index in [1.165, 1.54) is 0 Å². The summed E-state index contributed by atoms with van der Waals surface area (Å²) in [6, 6.07) is 11.9. The number of nitrogens with one attached hydrogen (secondary N) is 1. The molecule has 0 spiro atoms. The number of halogens is 1. The molecule has 0 aliphatic carbocycles. The van der Waals surface area contributed by atoms with Gasteiger partial charge >= 0.3 is 0 Å². The summed E-state index contributed by atoms with van der Waals surface area (Å²) >= 11 is 13.2. The molecule has 0 radical (unpaired) electrons. The van der Waals surface area contributed by atoms with Gasteiger partial charge in [-0.2, -0.15) is 0 Å². The van der Waals surface area contributed by atoms with Crippen molar-refractivity contribution in [1.29, 1.82) is 0 Å². The van der Waals surface area contributed by atoms with E-state index < -0.39 is 0 Å². The molecule has 0 fully saturated rings. The molecule has 0 unspecified atom stereocenters. The topological polar surface area (TPSA) is 37.4 Å². The van der Waals surface area contributed by atoms with Crippen LogP contribution in [-0.4, -0.2) is 28.8 Å². The van der Waals surface area contributed by atoms with Crippen LogP contribution in [0.3, 0.4) is 0 Å². The lowest BCUT2D eigenvalue weighted by Gasteiger charge is -2.20. The number of thiocarbonyl (C=S) groups is 1. The molecule has 0 saturated heterocycles. The molecule has 1 heterocycles. The van der Waals surface area contributed by atoms with E-state index in [0.717, 1.165) is 45.6 Å². The van der Waals surface area contributed by atoms with Crippen LogP contribution in [0, 0.1) is 6.92 Å². The molecular weight excluding hydrogens is 386 g/mol. The summed E-state index contributed by atoms with van der Waals surface area (Å²) in [4.78, 5) is 11.2. The number of aryl methyl sites for hydroxylation is 1. The van der Waals surface area contributed by atoms with Crippen LogP contribution in [0.15, 0.2) is 41.3 Å². The number of hydroxylamine groups is 2. The molecular formula is C19H24ClN3OS2. The summed E-state index contributed by atoms with van der Waals surface area (Å²) in [5, 5.41) is 6.07. The average molecular weight is 410 g/mol. The highest BCUT2D eigenvalue weighted by Gasteiger charge is 2.06. The van der Waals surface area contributed by atoms with Gasteiger partial charge in [-0.3, -0.25) is 9.82 Å². The fourth-order valence-electron chi connectivity index (χ4n) is 2.19. The SMILES string of the molecule is CCCCON(C)C(=S)Nc1cccc(SCc2cc(Cl)cc(C)n2)c1. The third-order valence-electron chi connectivity index (χ3n) is 3.51. The Balaban J connectivity index is 1.91. The van der Waals surface area contributed by atoms with Gasteiger partial charge in [-0.25, -0.2) is 5.06 Å². The molecule has 1 aromatic heterocycles. The van der Waals surface area contributed by atoms with Gasteiger partial charge in [-0.15, -0.1) is 11.8 Å². The standard InChI is InChI=1S/C19H24ClN3OS2/c1-4-5-9-24-23(3)19(25)22-16-7-6-8-18(12-16)26-13-17-11-15(20)10-14(2)21-17/h6-8,10-12H,4-5,9,13H2,1-3H3,(H,22,25). The number of pyridine rings is 1. The lowest BCUT2D eigenvalue weighted by Crippen LogP contribution is -2.31. The van der Waals surface area contributed by atoms with Gasteiger partial charge in [0.2, 0.25) is 0 Å². The number of hydrogen-bond acceptors (Lipinski definition) is 4. The van der Waals surface area contributed by atoms with E-state index in [4.69, 9.17) is 28.7 Å². The Bertz CT molecular complexity index is 722. The van der Waals surface area contributed by atoms with Gasteiger partial charge in [-0.05, 0) is 55.9 Å². The maximum absolute atomic E-state index is 6.10. The average Bonchev–Trinajstić information content (AvgIpc) is 2.59. The van der Waals surface area contributed by atoms with E-state index in [2.05, 4.69) is 29.4 Å². The summed E-state index contributed by atoms with van der Waals surface area (Å²) in [6.45, 7) is 4.74. The zero-order chi connectivity index (χ0) is 18.9. The Morgan fingerprint density at radius 2 is 2.15 bits per heavy atom. The predicted octanol–water partition coefficient (Wildman–Crippen LogP) is 5.70. The molecule has 1 N–H and O–H groups in total. The Labute approximate surface area is 170 Å². The number of aromatic nitrogens is 1. The molecule has 1 aromatic carbocycles. The minimum atomic E-state index is 0.537. The number of rotatable bonds is 8. The first-order valence-corrected chi connectivity index (χ1v) is 10.3. The van der Waals surface area contributed by atoms with Crippen LogP contribution in [0.5, 0.6) is 0 Å². The Morgan fingerprint density at radius 1 is 1.35 bits per heavy atom. The summed E-state index contributed by atoms with van der Waals surface area (Å²) < 4.78 is 0. The van der Waals surface area contributed by atoms with Crippen molar-refractivity contribution in [2.75, 3.05) is 19.0 Å². The minimum Gasteiger partial charge on any atom is -0.331 e. The number of anilines is 1. The molecule has 140 valence electrons. The largest absolute Gasteiger partial charge is 0.331 e. The third-order valence-corrected chi connectivity index (χ3v) is 5.12. The fraction of sp³-hybridized carbons (Fsp3) is 0.368. The maximum atomic E-state index is 6.10. The molecule has 26 heavy (non-hydrogen) atoms. The highest BCUT2D eigenvalue weighted by Crippen LogP contribution is 2.26. The fourth-order valence-corrected chi connectivity index (χ4v) is 3.49. The van der Waals surface area contributed by atoms with Gasteiger partial charge in [0.15, 0.2) is 5.11 Å². The molecule has 0 saturated carbocycles. The van der Waals surface area contributed by atoms with Crippen molar-refractivity contribution < 1.29 is 4.84 Å². The molecule has 0 atom stereocenters. The number of thioether (sulfide) groups is 1. The second-order valence-electron chi connectivity index (χ2n) is 5.85. The van der Waals surface area contributed by atoms with Crippen LogP contribution in [-0.2, 0) is 10.6 Å². The highest BCUT2D eigenvalue weighted by atomic mass is 35.5. The molecule has 0 amide bonds. The number of unbranched alkanes of at least 4 members (excludes halogenated alkanes) is 1. The molecule has 7 heteroatoms. The van der Waals surface area contributed by atoms with Crippen LogP contribution in [0.2, 0.25) is 5.02 Å². The Kier molecular flexibility index (Phi) is 8.65. The van der Waals surface area contributed by atoms with Gasteiger partial charge in [0.05, 0.1) is 12.3 Å². The van der Waals surface area contributed by atoms with Crippen LogP contribution in [0.4, 0.5) is 5.69 Å². The molecule has 4 nitrogen and oxygen atoms in total. The quantitative estimate of drug-likeness (QED) is 0.261. The van der Waals surface area contributed by atoms with Crippen molar-refractivity contribution in [2.24, 2.45) is 0 Å². The van der Waals surface area contributed by atoms with Crippen molar-refractivity contribution >= 4 is 46.4 Å². The van der Waals surface area contributed by atoms with Gasteiger partial charge in [0.25, 0.3) is 0 Å². The predicted molar refractivity (Wildman–Crippen MR) is 115 cm³/mol. The van der Waals surface area contributed by atoms with Crippen molar-refractivity contribution in [3.63, 3.8) is 0 Å². The van der Waals surface area contributed by atoms with Crippen molar-refractivity contribution in [3.8, 4) is 0 Å². The second kappa shape index (κ2) is 10.7. The molecule has 0 aliphatic rings. The first-order valence-electron chi connectivity index (χ1n) is 8.51. The number of benzene rings is 1. The van der Waals surface area contributed by atoms with Crippen molar-refractivity contribution in [3.05, 3.63) is 52.8 Å². The number of hydrogen-bond donors (Lipinski definition) is 1. The molecule has 0 aliphatic heterocycles. The van der Waals surface area contributed by atoms with E-state index in [1.54, 1.807) is 16.8 Å². The van der Waals surface area contributed by atoms with E-state index in [1.807, 2.05) is 38.2 Å². The zero-order valence-electron chi connectivity index (χ0n) is 15.3. The highest BCUT2D eigenvalue weighted by molar-refractivity contribution is 7.98. The van der Waals surface area contributed by atoms with Crippen LogP contribution < -0.4 is 5.32 Å². The normalized spacial score (nSPS) is 10.6. The first kappa shape index (κ1) is 21.0. The first-order chi connectivity index (χ1) is 12.5. The Morgan fingerprint density at radius 3 is 2.88 bits per heavy atom. The maximum Gasteiger partial charge on any atom is 0.197 e. The van der Waals surface area contributed by atoms with Gasteiger partial charge in [-0.1, -0.05) is 31.0 Å². The lowest BCUT2D eigenvalue weighted by atomic mass is 10.3. The summed E-state index contributed by atoms with van der Waals surface area (Å²) in [5.74, 6) is 0.759. The summed E-state index contributed by atoms with van der Waals surface area (Å²) in [7, 11) is 1.82. The minimum absolute atomic E-state index is 0.537. The molecule has 2 rings (SSSR count). The molecule has 0 bridgehead atoms. The molecule has 2 aromatic rings. The second-order valence-corrected chi connectivity index (χ2v) is 7.72. The van der Waals surface area contributed by atoms with Gasteiger partial charge in [0.1, 0.15) is 0 Å². The summed E-state index contributed by atoms with van der Waals surface area (Å²) in [5.41, 5.74) is 2.83. The van der Waals surface area contributed by atoms with Crippen LogP contribution in [0.25, 0.3) is 0 Å². The monoisotopic (exact) mass is 409 g/mol. The van der Waals surface area contributed by atoms with E-state index in [9.17, 15) is 0 Å². The van der Waals surface area contributed by atoms with E-state index in [0.29, 0.717) is 11.7 Å². The van der Waals surface area contributed by atoms with Gasteiger partial charge < -0.3 is 5.32 Å². The van der Waals surface area contributed by atoms with Gasteiger partial charge in [0, 0.05) is 34.1 Å². The van der Waals surface area contributed by atoms with Crippen molar-refractivity contribution in [1.82, 2.24) is 10.0 Å².